The number of aliphatic hydroxyl groups is 1. The molecule has 1 rings (SSSR count). The van der Waals surface area contributed by atoms with E-state index in [0.29, 0.717) is 39.0 Å². The highest BCUT2D eigenvalue weighted by Crippen LogP contribution is 2.22. The topological polar surface area (TPSA) is 86.9 Å². The highest BCUT2D eigenvalue weighted by Gasteiger charge is 2.32. The van der Waals surface area contributed by atoms with Crippen LogP contribution in [0.4, 0.5) is 0 Å². The number of nitrogens with zero attached hydrogens (tertiary/aromatic N) is 2. The first kappa shape index (κ1) is 18.6. The number of hydrogen-bond donors (Lipinski definition) is 2. The van der Waals surface area contributed by atoms with E-state index in [1.165, 1.54) is 0 Å². The molecule has 0 unspecified atom stereocenters. The number of rotatable bonds is 7. The molecular weight excluding hydrogens is 282 g/mol. The number of primary amides is 1. The summed E-state index contributed by atoms with van der Waals surface area (Å²) in [5.41, 5.74) is 6.11. The predicted molar refractivity (Wildman–Crippen MR) is 86.0 cm³/mol. The van der Waals surface area contributed by atoms with Crippen molar-refractivity contribution in [1.29, 1.82) is 0 Å². The molecule has 0 aromatic rings. The zero-order valence-electron chi connectivity index (χ0n) is 13.9. The van der Waals surface area contributed by atoms with Crippen molar-refractivity contribution in [2.45, 2.75) is 45.8 Å². The molecule has 1 aliphatic heterocycles. The van der Waals surface area contributed by atoms with E-state index in [2.05, 4.69) is 11.5 Å². The van der Waals surface area contributed by atoms with E-state index in [1.807, 2.05) is 20.8 Å². The highest BCUT2D eigenvalue weighted by molar-refractivity contribution is 5.81. The Balaban J connectivity index is 2.57. The Hall–Kier alpha value is -1.40. The van der Waals surface area contributed by atoms with Crippen molar-refractivity contribution in [3.05, 3.63) is 12.2 Å². The Morgan fingerprint density at radius 2 is 1.95 bits per heavy atom. The summed E-state index contributed by atoms with van der Waals surface area (Å²) in [6, 6.07) is -0.203. The quantitative estimate of drug-likeness (QED) is 0.665. The van der Waals surface area contributed by atoms with E-state index in [0.717, 1.165) is 5.57 Å². The van der Waals surface area contributed by atoms with Crippen molar-refractivity contribution in [2.75, 3.05) is 26.2 Å². The van der Waals surface area contributed by atoms with Crippen molar-refractivity contribution >= 4 is 11.8 Å². The van der Waals surface area contributed by atoms with Gasteiger partial charge in [0.05, 0.1) is 6.04 Å². The summed E-state index contributed by atoms with van der Waals surface area (Å²) in [5.74, 6) is -0.672. The molecule has 1 heterocycles. The number of likely N-dealkylation sites (tertiary alicyclic amines) is 1. The summed E-state index contributed by atoms with van der Waals surface area (Å²) >= 11 is 0. The average molecular weight is 311 g/mol. The fourth-order valence-corrected chi connectivity index (χ4v) is 2.95. The molecule has 22 heavy (non-hydrogen) atoms. The fourth-order valence-electron chi connectivity index (χ4n) is 2.95. The molecule has 6 heteroatoms. The molecule has 2 atom stereocenters. The Morgan fingerprint density at radius 1 is 1.41 bits per heavy atom. The van der Waals surface area contributed by atoms with Crippen LogP contribution in [0, 0.1) is 5.92 Å². The minimum atomic E-state index is -1.08. The third kappa shape index (κ3) is 4.81. The van der Waals surface area contributed by atoms with Gasteiger partial charge in [-0.15, -0.1) is 0 Å². The van der Waals surface area contributed by atoms with E-state index in [1.54, 1.807) is 4.90 Å². The molecule has 126 valence electrons. The second kappa shape index (κ2) is 8.29. The van der Waals surface area contributed by atoms with Crippen LogP contribution < -0.4 is 5.73 Å². The summed E-state index contributed by atoms with van der Waals surface area (Å²) < 4.78 is 0. The normalized spacial score (nSPS) is 19.5. The standard InChI is InChI=1S/C16H29N3O3/c1-5-18(10-11(2)3)16(22)12(4)19-8-6-13(7-9-19)14(20)15(17)21/h12-14,20H,2,5-10H2,1,3-4H3,(H2,17,21)/t12-,14-/m0/s1. The Kier molecular flexibility index (Phi) is 7.03. The van der Waals surface area contributed by atoms with Crippen LogP contribution in [0.5, 0.6) is 0 Å². The molecular formula is C16H29N3O3. The van der Waals surface area contributed by atoms with E-state index in [4.69, 9.17) is 5.73 Å². The first-order valence-corrected chi connectivity index (χ1v) is 7.92. The van der Waals surface area contributed by atoms with Gasteiger partial charge in [0.2, 0.25) is 11.8 Å². The largest absolute Gasteiger partial charge is 0.383 e. The maximum absolute atomic E-state index is 12.6. The molecule has 1 saturated heterocycles. The summed E-state index contributed by atoms with van der Waals surface area (Å²) in [6.07, 6.45) is 0.270. The lowest BCUT2D eigenvalue weighted by atomic mass is 9.90. The molecule has 3 N–H and O–H groups in total. The van der Waals surface area contributed by atoms with Gasteiger partial charge < -0.3 is 15.7 Å². The van der Waals surface area contributed by atoms with Crippen LogP contribution in [0.15, 0.2) is 12.2 Å². The molecule has 0 bridgehead atoms. The van der Waals surface area contributed by atoms with E-state index >= 15 is 0 Å². The number of nitrogens with two attached hydrogens (primary N) is 1. The van der Waals surface area contributed by atoms with Crippen molar-refractivity contribution < 1.29 is 14.7 Å². The van der Waals surface area contributed by atoms with Crippen LogP contribution in [-0.2, 0) is 9.59 Å². The predicted octanol–water partition coefficient (Wildman–Crippen LogP) is 0.358. The maximum Gasteiger partial charge on any atom is 0.246 e. The zero-order chi connectivity index (χ0) is 16.9. The first-order valence-electron chi connectivity index (χ1n) is 7.92. The molecule has 0 spiro atoms. The highest BCUT2D eigenvalue weighted by atomic mass is 16.3. The number of likely N-dealkylation sites (N-methyl/N-ethyl adjacent to an activating group) is 1. The molecule has 0 radical (unpaired) electrons. The second-order valence-electron chi connectivity index (χ2n) is 6.21. The van der Waals surface area contributed by atoms with Crippen molar-refractivity contribution in [1.82, 2.24) is 9.80 Å². The second-order valence-corrected chi connectivity index (χ2v) is 6.21. The van der Waals surface area contributed by atoms with E-state index < -0.39 is 12.0 Å². The fraction of sp³-hybridized carbons (Fsp3) is 0.750. The van der Waals surface area contributed by atoms with Crippen LogP contribution in [0.3, 0.4) is 0 Å². The van der Waals surface area contributed by atoms with Crippen LogP contribution in [-0.4, -0.2) is 65.0 Å². The monoisotopic (exact) mass is 311 g/mol. The third-order valence-electron chi connectivity index (χ3n) is 4.37. The van der Waals surface area contributed by atoms with Crippen LogP contribution in [0.1, 0.15) is 33.6 Å². The number of carbonyl (C=O) groups is 2. The van der Waals surface area contributed by atoms with Crippen molar-refractivity contribution in [3.63, 3.8) is 0 Å². The zero-order valence-corrected chi connectivity index (χ0v) is 13.9. The van der Waals surface area contributed by atoms with Gasteiger partial charge in [-0.25, -0.2) is 0 Å². The lowest BCUT2D eigenvalue weighted by molar-refractivity contribution is -0.137. The number of piperidine rings is 1. The van der Waals surface area contributed by atoms with Gasteiger partial charge in [-0.3, -0.25) is 14.5 Å². The van der Waals surface area contributed by atoms with Gasteiger partial charge in [0.15, 0.2) is 0 Å². The van der Waals surface area contributed by atoms with Gasteiger partial charge in [-0.1, -0.05) is 12.2 Å². The Labute approximate surface area is 132 Å². The maximum atomic E-state index is 12.6. The molecule has 1 aliphatic rings. The molecule has 1 fully saturated rings. The minimum absolute atomic E-state index is 0.0967. The van der Waals surface area contributed by atoms with Gasteiger partial charge in [-0.2, -0.15) is 0 Å². The number of amides is 2. The lowest BCUT2D eigenvalue weighted by Crippen LogP contribution is -2.51. The summed E-state index contributed by atoms with van der Waals surface area (Å²) in [6.45, 7) is 12.3. The molecule has 2 amide bonds. The van der Waals surface area contributed by atoms with Crippen molar-refractivity contribution in [2.24, 2.45) is 11.7 Å². The smallest absolute Gasteiger partial charge is 0.246 e. The number of hydrogen-bond acceptors (Lipinski definition) is 4. The Bertz CT molecular complexity index is 417. The molecule has 0 saturated carbocycles. The first-order chi connectivity index (χ1) is 10.3. The van der Waals surface area contributed by atoms with E-state index in [-0.39, 0.29) is 17.9 Å². The molecule has 0 aliphatic carbocycles. The number of aliphatic hydroxyl groups excluding tert-OH is 1. The summed E-state index contributed by atoms with van der Waals surface area (Å²) in [4.78, 5) is 27.5. The third-order valence-corrected chi connectivity index (χ3v) is 4.37. The molecule has 0 aromatic carbocycles. The van der Waals surface area contributed by atoms with Crippen LogP contribution >= 0.6 is 0 Å². The van der Waals surface area contributed by atoms with Gasteiger partial charge in [0.1, 0.15) is 6.10 Å². The Morgan fingerprint density at radius 3 is 2.36 bits per heavy atom. The van der Waals surface area contributed by atoms with Crippen LogP contribution in [0.25, 0.3) is 0 Å². The van der Waals surface area contributed by atoms with Gasteiger partial charge in [0.25, 0.3) is 0 Å². The van der Waals surface area contributed by atoms with E-state index in [9.17, 15) is 14.7 Å². The average Bonchev–Trinajstić information content (AvgIpc) is 2.50. The molecule has 6 nitrogen and oxygen atoms in total. The summed E-state index contributed by atoms with van der Waals surface area (Å²) in [5, 5.41) is 9.73. The van der Waals surface area contributed by atoms with Crippen LogP contribution in [0.2, 0.25) is 0 Å². The summed E-state index contributed by atoms with van der Waals surface area (Å²) in [7, 11) is 0. The molecule has 0 aromatic heterocycles. The van der Waals surface area contributed by atoms with Gasteiger partial charge >= 0.3 is 0 Å². The number of carbonyl (C=O) groups excluding carboxylic acids is 2. The van der Waals surface area contributed by atoms with Gasteiger partial charge in [-0.05, 0) is 52.6 Å². The SMILES string of the molecule is C=C(C)CN(CC)C(=O)[C@H](C)N1CCC([C@H](O)C(N)=O)CC1. The minimum Gasteiger partial charge on any atom is -0.383 e. The lowest BCUT2D eigenvalue weighted by Gasteiger charge is -2.38. The van der Waals surface area contributed by atoms with Crippen molar-refractivity contribution in [3.8, 4) is 0 Å². The van der Waals surface area contributed by atoms with Gasteiger partial charge in [0, 0.05) is 13.1 Å².